The van der Waals surface area contributed by atoms with E-state index in [1.807, 2.05) is 42.2 Å². The van der Waals surface area contributed by atoms with Crippen LogP contribution in [0, 0.1) is 0 Å². The lowest BCUT2D eigenvalue weighted by Crippen LogP contribution is -2.53. The number of nitrogens with two attached hydrogens (primary N) is 1. The van der Waals surface area contributed by atoms with E-state index >= 15 is 0 Å². The number of rotatable bonds is 3. The van der Waals surface area contributed by atoms with Gasteiger partial charge in [0.1, 0.15) is 0 Å². The number of carbonyl (C=O) groups is 1. The highest BCUT2D eigenvalue weighted by molar-refractivity contribution is 7.80. The van der Waals surface area contributed by atoms with Gasteiger partial charge in [-0.05, 0) is 24.7 Å². The molecule has 1 fully saturated rings. The summed E-state index contributed by atoms with van der Waals surface area (Å²) < 4.78 is 5.31. The summed E-state index contributed by atoms with van der Waals surface area (Å²) in [6, 6.07) is 10.2. The SMILES string of the molecule is CC(NC(=S)N1CCOC(C(N)=O)C1)c1ccccc1. The van der Waals surface area contributed by atoms with Crippen LogP contribution in [0.15, 0.2) is 30.3 Å². The largest absolute Gasteiger partial charge is 0.367 e. The van der Waals surface area contributed by atoms with E-state index in [9.17, 15) is 4.79 Å². The number of thiocarbonyl (C=S) groups is 1. The molecule has 2 rings (SSSR count). The molecule has 6 heteroatoms. The molecule has 108 valence electrons. The lowest BCUT2D eigenvalue weighted by atomic mass is 10.1. The Morgan fingerprint density at radius 3 is 2.85 bits per heavy atom. The summed E-state index contributed by atoms with van der Waals surface area (Å²) in [7, 11) is 0. The number of amides is 1. The van der Waals surface area contributed by atoms with Crippen LogP contribution >= 0.6 is 12.2 Å². The first-order chi connectivity index (χ1) is 9.58. The number of nitrogens with one attached hydrogen (secondary N) is 1. The second-order valence-electron chi connectivity index (χ2n) is 4.79. The molecule has 1 amide bonds. The number of ether oxygens (including phenoxy) is 1. The first kappa shape index (κ1) is 14.7. The highest BCUT2D eigenvalue weighted by Gasteiger charge is 2.26. The van der Waals surface area contributed by atoms with Crippen molar-refractivity contribution in [3.8, 4) is 0 Å². The Morgan fingerprint density at radius 2 is 2.20 bits per heavy atom. The van der Waals surface area contributed by atoms with Gasteiger partial charge in [-0.15, -0.1) is 0 Å². The maximum atomic E-state index is 11.2. The first-order valence-electron chi connectivity index (χ1n) is 6.59. The minimum atomic E-state index is -0.587. The summed E-state index contributed by atoms with van der Waals surface area (Å²) in [5, 5.41) is 3.90. The zero-order valence-corrected chi connectivity index (χ0v) is 12.2. The molecular formula is C14H19N3O2S. The van der Waals surface area contributed by atoms with Crippen molar-refractivity contribution in [2.45, 2.75) is 19.1 Å². The van der Waals surface area contributed by atoms with Crippen molar-refractivity contribution in [1.29, 1.82) is 0 Å². The number of morpholine rings is 1. The van der Waals surface area contributed by atoms with Crippen molar-refractivity contribution in [2.24, 2.45) is 5.73 Å². The van der Waals surface area contributed by atoms with Gasteiger partial charge in [-0.25, -0.2) is 0 Å². The summed E-state index contributed by atoms with van der Waals surface area (Å²) in [5.41, 5.74) is 6.43. The van der Waals surface area contributed by atoms with Gasteiger partial charge in [0, 0.05) is 6.54 Å². The average Bonchev–Trinajstić information content (AvgIpc) is 2.48. The van der Waals surface area contributed by atoms with Gasteiger partial charge >= 0.3 is 0 Å². The van der Waals surface area contributed by atoms with Gasteiger partial charge in [0.25, 0.3) is 0 Å². The molecular weight excluding hydrogens is 274 g/mol. The summed E-state index contributed by atoms with van der Waals surface area (Å²) in [6.45, 7) is 3.57. The Bertz CT molecular complexity index is 481. The van der Waals surface area contributed by atoms with E-state index in [0.717, 1.165) is 5.56 Å². The third-order valence-corrected chi connectivity index (χ3v) is 3.69. The summed E-state index contributed by atoms with van der Waals surface area (Å²) in [4.78, 5) is 13.1. The third-order valence-electron chi connectivity index (χ3n) is 3.31. The van der Waals surface area contributed by atoms with Gasteiger partial charge in [0.15, 0.2) is 11.2 Å². The van der Waals surface area contributed by atoms with Crippen molar-refractivity contribution < 1.29 is 9.53 Å². The molecule has 1 aromatic rings. The van der Waals surface area contributed by atoms with E-state index < -0.39 is 12.0 Å². The van der Waals surface area contributed by atoms with E-state index in [0.29, 0.717) is 24.8 Å². The number of nitrogens with zero attached hydrogens (tertiary/aromatic N) is 1. The van der Waals surface area contributed by atoms with E-state index in [4.69, 9.17) is 22.7 Å². The smallest absolute Gasteiger partial charge is 0.248 e. The minimum Gasteiger partial charge on any atom is -0.367 e. The molecule has 0 radical (unpaired) electrons. The molecule has 3 N–H and O–H groups in total. The van der Waals surface area contributed by atoms with Gasteiger partial charge < -0.3 is 20.7 Å². The summed E-state index contributed by atoms with van der Waals surface area (Å²) in [5.74, 6) is -0.450. The van der Waals surface area contributed by atoms with E-state index in [1.165, 1.54) is 0 Å². The number of hydrogen-bond acceptors (Lipinski definition) is 3. The van der Waals surface area contributed by atoms with E-state index in [-0.39, 0.29) is 6.04 Å². The Balaban J connectivity index is 1.93. The van der Waals surface area contributed by atoms with Gasteiger partial charge in [-0.3, -0.25) is 4.79 Å². The molecule has 2 unspecified atom stereocenters. The molecule has 0 aromatic heterocycles. The van der Waals surface area contributed by atoms with Crippen LogP contribution in [0.1, 0.15) is 18.5 Å². The fourth-order valence-electron chi connectivity index (χ4n) is 2.11. The van der Waals surface area contributed by atoms with Crippen LogP contribution < -0.4 is 11.1 Å². The number of benzene rings is 1. The van der Waals surface area contributed by atoms with Gasteiger partial charge in [-0.1, -0.05) is 30.3 Å². The number of primary amides is 1. The molecule has 1 aliphatic rings. The third kappa shape index (κ3) is 3.68. The van der Waals surface area contributed by atoms with Gasteiger partial charge in [0.05, 0.1) is 19.2 Å². The molecule has 0 saturated carbocycles. The Kier molecular flexibility index (Phi) is 4.92. The van der Waals surface area contributed by atoms with Crippen LogP contribution in [0.4, 0.5) is 0 Å². The maximum absolute atomic E-state index is 11.2. The lowest BCUT2D eigenvalue weighted by Gasteiger charge is -2.34. The monoisotopic (exact) mass is 293 g/mol. The van der Waals surface area contributed by atoms with Crippen molar-refractivity contribution in [1.82, 2.24) is 10.2 Å². The molecule has 0 spiro atoms. The van der Waals surface area contributed by atoms with Crippen LogP contribution in [-0.2, 0) is 9.53 Å². The summed E-state index contributed by atoms with van der Waals surface area (Å²) >= 11 is 5.40. The van der Waals surface area contributed by atoms with Crippen LogP contribution in [0.2, 0.25) is 0 Å². The fraction of sp³-hybridized carbons (Fsp3) is 0.429. The Morgan fingerprint density at radius 1 is 1.50 bits per heavy atom. The quantitative estimate of drug-likeness (QED) is 0.807. The van der Waals surface area contributed by atoms with Crippen LogP contribution in [0.3, 0.4) is 0 Å². The first-order valence-corrected chi connectivity index (χ1v) is 7.00. The van der Waals surface area contributed by atoms with Crippen molar-refractivity contribution >= 4 is 23.2 Å². The molecule has 2 atom stereocenters. The molecule has 1 heterocycles. The Hall–Kier alpha value is -1.66. The second-order valence-corrected chi connectivity index (χ2v) is 5.18. The van der Waals surface area contributed by atoms with Gasteiger partial charge in [0.2, 0.25) is 5.91 Å². The van der Waals surface area contributed by atoms with E-state index in [1.54, 1.807) is 0 Å². The highest BCUT2D eigenvalue weighted by atomic mass is 32.1. The van der Waals surface area contributed by atoms with Crippen LogP contribution in [0.5, 0.6) is 0 Å². The zero-order valence-electron chi connectivity index (χ0n) is 11.4. The second kappa shape index (κ2) is 6.67. The Labute approximate surface area is 124 Å². The van der Waals surface area contributed by atoms with Crippen molar-refractivity contribution in [3.05, 3.63) is 35.9 Å². The highest BCUT2D eigenvalue weighted by Crippen LogP contribution is 2.13. The topological polar surface area (TPSA) is 67.6 Å². The fourth-order valence-corrected chi connectivity index (χ4v) is 2.45. The predicted octanol–water partition coefficient (Wildman–Crippen LogP) is 0.808. The molecule has 0 bridgehead atoms. The van der Waals surface area contributed by atoms with Crippen LogP contribution in [0.25, 0.3) is 0 Å². The van der Waals surface area contributed by atoms with Crippen LogP contribution in [-0.4, -0.2) is 41.7 Å². The minimum absolute atomic E-state index is 0.110. The normalized spacial score (nSPS) is 20.2. The summed E-state index contributed by atoms with van der Waals surface area (Å²) in [6.07, 6.45) is -0.587. The molecule has 0 aliphatic carbocycles. The van der Waals surface area contributed by atoms with Crippen molar-refractivity contribution in [2.75, 3.05) is 19.7 Å². The number of hydrogen-bond donors (Lipinski definition) is 2. The molecule has 1 aliphatic heterocycles. The predicted molar refractivity (Wildman–Crippen MR) is 81.1 cm³/mol. The average molecular weight is 293 g/mol. The molecule has 5 nitrogen and oxygen atoms in total. The van der Waals surface area contributed by atoms with Crippen molar-refractivity contribution in [3.63, 3.8) is 0 Å². The molecule has 1 aromatic carbocycles. The number of carbonyl (C=O) groups excluding carboxylic acids is 1. The molecule has 20 heavy (non-hydrogen) atoms. The maximum Gasteiger partial charge on any atom is 0.248 e. The molecule has 1 saturated heterocycles. The van der Waals surface area contributed by atoms with Gasteiger partial charge in [-0.2, -0.15) is 0 Å². The zero-order chi connectivity index (χ0) is 14.5. The standard InChI is InChI=1S/C14H19N3O2S/c1-10(11-5-3-2-4-6-11)16-14(20)17-7-8-19-12(9-17)13(15)18/h2-6,10,12H,7-9H2,1H3,(H2,15,18)(H,16,20). The lowest BCUT2D eigenvalue weighted by molar-refractivity contribution is -0.133. The van der Waals surface area contributed by atoms with E-state index in [2.05, 4.69) is 5.32 Å².